The van der Waals surface area contributed by atoms with Crippen LogP contribution < -0.4 is 10.6 Å². The lowest BCUT2D eigenvalue weighted by Crippen LogP contribution is -2.33. The van der Waals surface area contributed by atoms with Gasteiger partial charge >= 0.3 is 0 Å². The minimum absolute atomic E-state index is 0.103. The van der Waals surface area contributed by atoms with Gasteiger partial charge in [0, 0.05) is 17.9 Å². The Bertz CT molecular complexity index is 991. The van der Waals surface area contributed by atoms with Gasteiger partial charge < -0.3 is 10.6 Å². The molecule has 0 radical (unpaired) electrons. The van der Waals surface area contributed by atoms with E-state index in [0.717, 1.165) is 25.7 Å². The summed E-state index contributed by atoms with van der Waals surface area (Å²) in [5.74, 6) is -1.02. The number of nitrogens with one attached hydrogen (secondary N) is 2. The molecule has 27 heavy (non-hydrogen) atoms. The van der Waals surface area contributed by atoms with E-state index in [4.69, 9.17) is 0 Å². The van der Waals surface area contributed by atoms with Crippen LogP contribution in [0.1, 0.15) is 46.8 Å². The highest BCUT2D eigenvalue weighted by Crippen LogP contribution is 2.20. The third kappa shape index (κ3) is 3.53. The molecule has 2 aromatic heterocycles. The van der Waals surface area contributed by atoms with Crippen LogP contribution >= 0.6 is 0 Å². The van der Waals surface area contributed by atoms with Crippen molar-refractivity contribution in [2.45, 2.75) is 31.7 Å². The molecule has 1 saturated carbocycles. The zero-order valence-electron chi connectivity index (χ0n) is 14.6. The number of halogens is 1. The summed E-state index contributed by atoms with van der Waals surface area (Å²) in [5, 5.41) is 5.69. The fraction of sp³-hybridized carbons (Fsp3) is 0.250. The number of carbonyl (C=O) groups is 2. The summed E-state index contributed by atoms with van der Waals surface area (Å²) in [4.78, 5) is 29.7. The zero-order chi connectivity index (χ0) is 18.8. The van der Waals surface area contributed by atoms with Crippen LogP contribution in [0.2, 0.25) is 0 Å². The van der Waals surface area contributed by atoms with Gasteiger partial charge in [0.2, 0.25) is 5.82 Å². The number of benzene rings is 1. The zero-order valence-corrected chi connectivity index (χ0v) is 14.6. The highest BCUT2D eigenvalue weighted by atomic mass is 19.1. The van der Waals surface area contributed by atoms with Gasteiger partial charge in [-0.2, -0.15) is 0 Å². The van der Waals surface area contributed by atoms with Gasteiger partial charge in [0.1, 0.15) is 5.82 Å². The highest BCUT2D eigenvalue weighted by molar-refractivity contribution is 6.06. The van der Waals surface area contributed by atoms with Crippen molar-refractivity contribution in [1.29, 1.82) is 0 Å². The van der Waals surface area contributed by atoms with E-state index in [2.05, 4.69) is 15.6 Å². The molecule has 1 aliphatic carbocycles. The molecule has 2 N–H and O–H groups in total. The molecule has 0 aliphatic heterocycles. The summed E-state index contributed by atoms with van der Waals surface area (Å²) in [7, 11) is 0. The number of aromatic nitrogens is 2. The van der Waals surface area contributed by atoms with Crippen molar-refractivity contribution in [1.82, 2.24) is 14.7 Å². The normalized spacial score (nSPS) is 14.4. The van der Waals surface area contributed by atoms with E-state index >= 15 is 0 Å². The second-order valence-corrected chi connectivity index (χ2v) is 6.66. The summed E-state index contributed by atoms with van der Waals surface area (Å²) < 4.78 is 14.6. The molecular weight excluding hydrogens is 347 g/mol. The van der Waals surface area contributed by atoms with Gasteiger partial charge in [-0.1, -0.05) is 18.9 Å². The lowest BCUT2D eigenvalue weighted by Gasteiger charge is -2.10. The molecular formula is C20H19FN4O2. The molecule has 138 valence electrons. The summed E-state index contributed by atoms with van der Waals surface area (Å²) in [6, 6.07) is 10.9. The van der Waals surface area contributed by atoms with E-state index in [1.807, 2.05) is 0 Å². The van der Waals surface area contributed by atoms with Crippen molar-refractivity contribution in [2.24, 2.45) is 0 Å². The molecule has 1 aliphatic rings. The summed E-state index contributed by atoms with van der Waals surface area (Å²) in [5.41, 5.74) is 1.25. The van der Waals surface area contributed by atoms with Crippen LogP contribution in [-0.2, 0) is 0 Å². The maximum Gasteiger partial charge on any atom is 0.292 e. The molecule has 2 heterocycles. The van der Waals surface area contributed by atoms with Crippen molar-refractivity contribution in [3.63, 3.8) is 0 Å². The fourth-order valence-corrected chi connectivity index (χ4v) is 3.41. The first-order chi connectivity index (χ1) is 13.1. The van der Waals surface area contributed by atoms with Gasteiger partial charge in [-0.25, -0.2) is 9.37 Å². The second kappa shape index (κ2) is 7.19. The number of anilines is 1. The Hall–Kier alpha value is -3.22. The molecule has 0 saturated heterocycles. The van der Waals surface area contributed by atoms with E-state index in [0.29, 0.717) is 11.2 Å². The van der Waals surface area contributed by atoms with Crippen molar-refractivity contribution in [3.8, 4) is 0 Å². The number of hydrogen-bond acceptors (Lipinski definition) is 3. The first-order valence-corrected chi connectivity index (χ1v) is 8.97. The number of nitrogens with zero attached hydrogens (tertiary/aromatic N) is 2. The van der Waals surface area contributed by atoms with Crippen LogP contribution in [0.25, 0.3) is 5.52 Å². The van der Waals surface area contributed by atoms with E-state index in [-0.39, 0.29) is 29.3 Å². The number of amides is 2. The van der Waals surface area contributed by atoms with Gasteiger partial charge in [0.25, 0.3) is 11.8 Å². The molecule has 0 bridgehead atoms. The van der Waals surface area contributed by atoms with Gasteiger partial charge in [0.05, 0.1) is 5.52 Å². The molecule has 0 spiro atoms. The minimum atomic E-state index is -0.470. The van der Waals surface area contributed by atoms with E-state index in [9.17, 15) is 14.0 Å². The Morgan fingerprint density at radius 2 is 1.78 bits per heavy atom. The van der Waals surface area contributed by atoms with Crippen LogP contribution in [0.3, 0.4) is 0 Å². The number of rotatable bonds is 4. The third-order valence-electron chi connectivity index (χ3n) is 4.76. The number of carbonyl (C=O) groups excluding carboxylic acids is 2. The van der Waals surface area contributed by atoms with Crippen LogP contribution in [0.5, 0.6) is 0 Å². The first kappa shape index (κ1) is 17.2. The molecule has 4 rings (SSSR count). The maximum atomic E-state index is 13.0. The number of hydrogen-bond donors (Lipinski definition) is 2. The Morgan fingerprint density at radius 1 is 1.04 bits per heavy atom. The number of fused-ring (bicyclic) bond motifs is 1. The van der Waals surface area contributed by atoms with Gasteiger partial charge in [-0.05, 0) is 49.2 Å². The van der Waals surface area contributed by atoms with Gasteiger partial charge in [-0.3, -0.25) is 14.0 Å². The van der Waals surface area contributed by atoms with Crippen molar-refractivity contribution in [3.05, 3.63) is 66.0 Å². The molecule has 6 nitrogen and oxygen atoms in total. The summed E-state index contributed by atoms with van der Waals surface area (Å²) in [6.45, 7) is 0. The van der Waals surface area contributed by atoms with Crippen LogP contribution in [0, 0.1) is 5.82 Å². The largest absolute Gasteiger partial charge is 0.348 e. The predicted octanol–water partition coefficient (Wildman–Crippen LogP) is 3.40. The standard InChI is InChI=1S/C20H19FN4O2/c21-13-8-10-15(11-9-13)23-20(27)18-24-17(16-7-3-4-12-25(16)18)19(26)22-14-5-1-2-6-14/h3-4,7-12,14H,1-2,5-6H2,(H,22,26)(H,23,27). The summed E-state index contributed by atoms with van der Waals surface area (Å²) in [6.07, 6.45) is 5.85. The molecule has 0 unspecified atom stereocenters. The Balaban J connectivity index is 1.63. The molecule has 1 fully saturated rings. The highest BCUT2D eigenvalue weighted by Gasteiger charge is 2.24. The van der Waals surface area contributed by atoms with Crippen molar-refractivity contribution in [2.75, 3.05) is 5.32 Å². The Morgan fingerprint density at radius 3 is 2.52 bits per heavy atom. The lowest BCUT2D eigenvalue weighted by molar-refractivity contribution is 0.0935. The van der Waals surface area contributed by atoms with Gasteiger partial charge in [-0.15, -0.1) is 0 Å². The van der Waals surface area contributed by atoms with E-state index in [1.54, 1.807) is 28.8 Å². The third-order valence-corrected chi connectivity index (χ3v) is 4.76. The van der Waals surface area contributed by atoms with E-state index in [1.165, 1.54) is 24.3 Å². The monoisotopic (exact) mass is 366 g/mol. The maximum absolute atomic E-state index is 13.0. The first-order valence-electron chi connectivity index (χ1n) is 8.97. The molecule has 1 aromatic carbocycles. The summed E-state index contributed by atoms with van der Waals surface area (Å²) >= 11 is 0. The van der Waals surface area contributed by atoms with Crippen LogP contribution in [0.15, 0.2) is 48.7 Å². The lowest BCUT2D eigenvalue weighted by atomic mass is 10.2. The quantitative estimate of drug-likeness (QED) is 0.743. The average molecular weight is 366 g/mol. The minimum Gasteiger partial charge on any atom is -0.348 e. The van der Waals surface area contributed by atoms with E-state index < -0.39 is 5.91 Å². The molecule has 3 aromatic rings. The smallest absolute Gasteiger partial charge is 0.292 e. The Kier molecular flexibility index (Phi) is 4.58. The second-order valence-electron chi connectivity index (χ2n) is 6.66. The van der Waals surface area contributed by atoms with Crippen LogP contribution in [0.4, 0.5) is 10.1 Å². The molecule has 7 heteroatoms. The fourth-order valence-electron chi connectivity index (χ4n) is 3.41. The molecule has 2 amide bonds. The predicted molar refractivity (Wildman–Crippen MR) is 99.3 cm³/mol. The van der Waals surface area contributed by atoms with Gasteiger partial charge in [0.15, 0.2) is 5.69 Å². The Labute approximate surface area is 155 Å². The van der Waals surface area contributed by atoms with Crippen molar-refractivity contribution >= 4 is 23.0 Å². The average Bonchev–Trinajstić information content (AvgIpc) is 3.31. The SMILES string of the molecule is O=C(NC1CCCC1)c1nc(C(=O)Nc2ccc(F)cc2)n2ccccc12. The van der Waals surface area contributed by atoms with Crippen molar-refractivity contribution < 1.29 is 14.0 Å². The number of pyridine rings is 1. The van der Waals surface area contributed by atoms with Crippen LogP contribution in [-0.4, -0.2) is 27.2 Å². The number of imidazole rings is 1. The topological polar surface area (TPSA) is 75.5 Å². The molecule has 0 atom stereocenters.